The molecule has 2 aliphatic heterocycles. The van der Waals surface area contributed by atoms with E-state index in [1.165, 1.54) is 24.3 Å². The molecule has 2 saturated heterocycles. The van der Waals surface area contributed by atoms with Crippen LogP contribution in [0.15, 0.2) is 42.5 Å². The molecule has 14 heteroatoms. The summed E-state index contributed by atoms with van der Waals surface area (Å²) in [6.07, 6.45) is -9.96. The van der Waals surface area contributed by atoms with Crippen LogP contribution in [0.5, 0.6) is 11.5 Å². The molecule has 208 valence electrons. The smallest absolute Gasteiger partial charge is 0.473 e. The number of ether oxygens (including phenoxy) is 3. The van der Waals surface area contributed by atoms with E-state index in [2.05, 4.69) is 20.7 Å². The fourth-order valence-corrected chi connectivity index (χ4v) is 4.38. The summed E-state index contributed by atoms with van der Waals surface area (Å²) in [6, 6.07) is 6.06. The number of nitrogens with one attached hydrogen (secondary N) is 3. The highest BCUT2D eigenvalue weighted by molar-refractivity contribution is 5.89. The number of amides is 2. The molecule has 4 atom stereocenters. The molecule has 2 aliphatic rings. The molecule has 0 radical (unpaired) electrons. The zero-order valence-corrected chi connectivity index (χ0v) is 19.9. The molecule has 7 nitrogen and oxygen atoms in total. The first-order valence-electron chi connectivity index (χ1n) is 11.6. The highest BCUT2D eigenvalue weighted by Gasteiger charge is 2.62. The first-order chi connectivity index (χ1) is 17.8. The van der Waals surface area contributed by atoms with Crippen molar-refractivity contribution in [3.05, 3.63) is 53.8 Å². The number of piperidine rings is 1. The van der Waals surface area contributed by atoms with Crippen LogP contribution >= 0.6 is 0 Å². The van der Waals surface area contributed by atoms with Crippen molar-refractivity contribution in [3.63, 3.8) is 0 Å². The monoisotopic (exact) mass is 551 g/mol. The van der Waals surface area contributed by atoms with Crippen molar-refractivity contribution in [2.45, 2.75) is 62.6 Å². The van der Waals surface area contributed by atoms with Crippen molar-refractivity contribution in [1.29, 1.82) is 0 Å². The van der Waals surface area contributed by atoms with Crippen LogP contribution in [0.1, 0.15) is 31.7 Å². The van der Waals surface area contributed by atoms with Crippen LogP contribution in [0, 0.1) is 5.82 Å². The summed E-state index contributed by atoms with van der Waals surface area (Å²) in [5, 5.41) is 7.88. The number of carbonyl (C=O) groups excluding carboxylic acids is 1. The highest BCUT2D eigenvalue weighted by atomic mass is 19.4. The van der Waals surface area contributed by atoms with E-state index >= 15 is 0 Å². The molecule has 2 aromatic carbocycles. The fourth-order valence-electron chi connectivity index (χ4n) is 4.38. The summed E-state index contributed by atoms with van der Waals surface area (Å²) in [6.45, 7) is 1.78. The summed E-state index contributed by atoms with van der Waals surface area (Å²) < 4.78 is 108. The Morgan fingerprint density at radius 1 is 1.11 bits per heavy atom. The minimum atomic E-state index is -5.01. The number of anilines is 1. The lowest BCUT2D eigenvalue weighted by Gasteiger charge is -2.44. The van der Waals surface area contributed by atoms with Gasteiger partial charge in [0.25, 0.3) is 0 Å². The Morgan fingerprint density at radius 2 is 1.82 bits per heavy atom. The van der Waals surface area contributed by atoms with Gasteiger partial charge in [-0.1, -0.05) is 18.2 Å². The number of rotatable bonds is 6. The molecule has 0 bridgehead atoms. The van der Waals surface area contributed by atoms with Crippen molar-refractivity contribution in [3.8, 4) is 11.5 Å². The largest absolute Gasteiger partial charge is 0.573 e. The predicted molar refractivity (Wildman–Crippen MR) is 120 cm³/mol. The Labute approximate surface area is 212 Å². The molecule has 3 N–H and O–H groups in total. The molecule has 2 fully saturated rings. The van der Waals surface area contributed by atoms with E-state index in [-0.39, 0.29) is 30.4 Å². The van der Waals surface area contributed by atoms with Gasteiger partial charge in [0, 0.05) is 24.1 Å². The minimum absolute atomic E-state index is 0.0588. The van der Waals surface area contributed by atoms with Crippen LogP contribution < -0.4 is 25.4 Å². The van der Waals surface area contributed by atoms with E-state index in [1.54, 1.807) is 0 Å². The molecule has 2 heterocycles. The van der Waals surface area contributed by atoms with Gasteiger partial charge in [-0.25, -0.2) is 9.18 Å². The lowest BCUT2D eigenvalue weighted by atomic mass is 9.85. The third-order valence-corrected chi connectivity index (χ3v) is 6.30. The number of alkyl halides is 6. The normalized spacial score (nSPS) is 25.7. The van der Waals surface area contributed by atoms with Crippen LogP contribution in [0.3, 0.4) is 0 Å². The predicted octanol–water partition coefficient (Wildman–Crippen LogP) is 5.57. The van der Waals surface area contributed by atoms with E-state index < -0.39 is 53.7 Å². The molecule has 0 aromatic heterocycles. The molecule has 2 aromatic rings. The topological polar surface area (TPSA) is 80.9 Å². The van der Waals surface area contributed by atoms with Gasteiger partial charge < -0.3 is 24.8 Å². The molecule has 0 aliphatic carbocycles. The lowest BCUT2D eigenvalue weighted by molar-refractivity contribution is -0.334. The Balaban J connectivity index is 1.48. The Kier molecular flexibility index (Phi) is 7.66. The van der Waals surface area contributed by atoms with Gasteiger partial charge in [0.2, 0.25) is 0 Å². The summed E-state index contributed by atoms with van der Waals surface area (Å²) in [4.78, 5) is 12.6. The van der Waals surface area contributed by atoms with Crippen LogP contribution in [0.25, 0.3) is 0 Å². The van der Waals surface area contributed by atoms with Gasteiger partial charge in [0.05, 0.1) is 18.3 Å². The van der Waals surface area contributed by atoms with Crippen LogP contribution in [0.2, 0.25) is 0 Å². The van der Waals surface area contributed by atoms with Gasteiger partial charge >= 0.3 is 18.6 Å². The van der Waals surface area contributed by atoms with Gasteiger partial charge in [-0.2, -0.15) is 13.2 Å². The number of benzene rings is 2. The van der Waals surface area contributed by atoms with Gasteiger partial charge in [-0.3, -0.25) is 5.32 Å². The average Bonchev–Trinajstić information content (AvgIpc) is 2.76. The van der Waals surface area contributed by atoms with Gasteiger partial charge in [-0.15, -0.1) is 13.2 Å². The minimum Gasteiger partial charge on any atom is -0.473 e. The van der Waals surface area contributed by atoms with Crippen molar-refractivity contribution in [2.75, 3.05) is 11.9 Å². The fraction of sp³-hybridized carbons (Fsp3) is 0.458. The first kappa shape index (κ1) is 27.8. The van der Waals surface area contributed by atoms with E-state index in [0.29, 0.717) is 18.9 Å². The number of hydrogen-bond donors (Lipinski definition) is 3. The van der Waals surface area contributed by atoms with Crippen molar-refractivity contribution in [2.24, 2.45) is 0 Å². The van der Waals surface area contributed by atoms with Gasteiger partial charge in [-0.05, 0) is 38.0 Å². The SMILES string of the molecule is CC1CCC(NC(=O)Nc2ccc(OC(F)(F)F)cc2F)C(Oc2ccccc2C2(C(F)(F)F)CCO2)N1. The van der Waals surface area contributed by atoms with E-state index in [9.17, 15) is 35.5 Å². The Bertz CT molecular complexity index is 1150. The van der Waals surface area contributed by atoms with E-state index in [1.807, 2.05) is 6.92 Å². The van der Waals surface area contributed by atoms with Crippen LogP contribution in [-0.4, -0.2) is 43.5 Å². The van der Waals surface area contributed by atoms with Gasteiger partial charge in [0.15, 0.2) is 11.8 Å². The first-order valence-corrected chi connectivity index (χ1v) is 11.6. The summed E-state index contributed by atoms with van der Waals surface area (Å²) in [7, 11) is 0. The molecule has 0 spiro atoms. The maximum Gasteiger partial charge on any atom is 0.573 e. The van der Waals surface area contributed by atoms with E-state index in [0.717, 1.165) is 12.1 Å². The maximum absolute atomic E-state index is 14.2. The Hall–Kier alpha value is -3.26. The molecule has 4 unspecified atom stereocenters. The van der Waals surface area contributed by atoms with Crippen molar-refractivity contribution in [1.82, 2.24) is 10.6 Å². The number of para-hydroxylation sites is 1. The third-order valence-electron chi connectivity index (χ3n) is 6.30. The van der Waals surface area contributed by atoms with Crippen LogP contribution in [-0.2, 0) is 10.3 Å². The number of carbonyl (C=O) groups is 1. The summed E-state index contributed by atoms with van der Waals surface area (Å²) in [5.74, 6) is -2.04. The third kappa shape index (κ3) is 6.07. The zero-order valence-electron chi connectivity index (χ0n) is 19.9. The summed E-state index contributed by atoms with van der Waals surface area (Å²) >= 11 is 0. The van der Waals surface area contributed by atoms with Crippen molar-refractivity contribution < 1.29 is 49.7 Å². The van der Waals surface area contributed by atoms with Crippen molar-refractivity contribution >= 4 is 11.7 Å². The zero-order chi connectivity index (χ0) is 27.7. The van der Waals surface area contributed by atoms with Crippen LogP contribution in [0.4, 0.5) is 41.2 Å². The molecule has 38 heavy (non-hydrogen) atoms. The quantitative estimate of drug-likeness (QED) is 0.409. The van der Waals surface area contributed by atoms with Gasteiger partial charge in [0.1, 0.15) is 17.3 Å². The molecular weight excluding hydrogens is 527 g/mol. The number of urea groups is 1. The van der Waals surface area contributed by atoms with E-state index in [4.69, 9.17) is 9.47 Å². The second kappa shape index (κ2) is 10.5. The maximum atomic E-state index is 14.2. The second-order valence-electron chi connectivity index (χ2n) is 9.00. The lowest BCUT2D eigenvalue weighted by Crippen LogP contribution is -2.59. The number of hydrogen-bond acceptors (Lipinski definition) is 5. The molecule has 0 saturated carbocycles. The molecule has 2 amide bonds. The summed E-state index contributed by atoms with van der Waals surface area (Å²) in [5.41, 5.74) is -3.10. The standard InChI is InChI=1S/C24H24F7N3O4/c1-13-6-8-18(34-21(35)33-17-9-7-14(12-16(17)25)38-24(29,30)31)20(32-13)37-19-5-3-2-4-15(19)22(10-11-36-22)23(26,27)28/h2-5,7,9,12-13,18,20,32H,6,8,10-11H2,1H3,(H2,33,34,35). The average molecular weight is 551 g/mol. The molecule has 4 rings (SSSR count). The number of halogens is 7. The molecular formula is C24H24F7N3O4. The second-order valence-corrected chi connectivity index (χ2v) is 9.00. The Morgan fingerprint density at radius 3 is 2.42 bits per heavy atom. The highest BCUT2D eigenvalue weighted by Crippen LogP contribution is 2.52.